The first-order chi connectivity index (χ1) is 10.9. The van der Waals surface area contributed by atoms with Crippen molar-refractivity contribution in [3.05, 3.63) is 90.5 Å². The van der Waals surface area contributed by atoms with Gasteiger partial charge in [0.05, 0.1) is 0 Å². The van der Waals surface area contributed by atoms with Gasteiger partial charge in [-0.3, -0.25) is 0 Å². The monoisotopic (exact) mass is 344 g/mol. The molecule has 0 unspecified atom stereocenters. The molecule has 106 valence electrons. The van der Waals surface area contributed by atoms with E-state index in [2.05, 4.69) is 90.8 Å². The van der Waals surface area contributed by atoms with Gasteiger partial charge in [0.2, 0.25) is 0 Å². The predicted octanol–water partition coefficient (Wildman–Crippen LogP) is 2.38. The Hall–Kier alpha value is -2.22. The van der Waals surface area contributed by atoms with Gasteiger partial charge in [0, 0.05) is 0 Å². The Morgan fingerprint density at radius 2 is 1.23 bits per heavy atom. The molecule has 0 aliphatic heterocycles. The second-order valence-electron chi connectivity index (χ2n) is 5.06. The van der Waals surface area contributed by atoms with Gasteiger partial charge in [-0.05, 0) is 0 Å². The Bertz CT molecular complexity index is 730. The second-order valence-corrected chi connectivity index (χ2v) is 9.72. The van der Waals surface area contributed by atoms with Gasteiger partial charge in [-0.25, -0.2) is 0 Å². The van der Waals surface area contributed by atoms with Crippen molar-refractivity contribution in [1.82, 2.24) is 0 Å². The van der Waals surface area contributed by atoms with Gasteiger partial charge >= 0.3 is 137 Å². The molecular formula is C21H17As. The summed E-state index contributed by atoms with van der Waals surface area (Å²) >= 11 is -1.51. The van der Waals surface area contributed by atoms with Crippen molar-refractivity contribution in [3.63, 3.8) is 0 Å². The number of terminal acetylenes is 1. The van der Waals surface area contributed by atoms with E-state index in [0.29, 0.717) is 6.42 Å². The Morgan fingerprint density at radius 1 is 0.682 bits per heavy atom. The molecule has 0 aliphatic carbocycles. The molecule has 1 heteroatoms. The molecule has 0 N–H and O–H groups in total. The maximum atomic E-state index is 5.47. The van der Waals surface area contributed by atoms with E-state index in [1.165, 1.54) is 18.6 Å². The van der Waals surface area contributed by atoms with Crippen molar-refractivity contribution in [2.45, 2.75) is 6.42 Å². The van der Waals surface area contributed by atoms with Gasteiger partial charge in [-0.2, -0.15) is 0 Å². The van der Waals surface area contributed by atoms with Gasteiger partial charge in [-0.1, -0.05) is 0 Å². The van der Waals surface area contributed by atoms with Crippen LogP contribution in [0.4, 0.5) is 0 Å². The van der Waals surface area contributed by atoms with Crippen LogP contribution in [0, 0.1) is 12.3 Å². The topological polar surface area (TPSA) is 0 Å². The summed E-state index contributed by atoms with van der Waals surface area (Å²) in [6, 6.07) is 30.5. The van der Waals surface area contributed by atoms with E-state index in [9.17, 15) is 0 Å². The molecule has 0 atom stereocenters. The zero-order valence-electron chi connectivity index (χ0n) is 12.3. The van der Waals surface area contributed by atoms with Crippen LogP contribution >= 0.6 is 0 Å². The normalized spacial score (nSPS) is 10.4. The molecule has 3 aromatic carbocycles. The number of hydrogen-bond donors (Lipinski definition) is 0. The fourth-order valence-corrected chi connectivity index (χ4v) is 7.49. The molecule has 22 heavy (non-hydrogen) atoms. The maximum absolute atomic E-state index is 5.47. The van der Waals surface area contributed by atoms with E-state index in [4.69, 9.17) is 6.42 Å². The minimum absolute atomic E-state index is 0.694. The quantitative estimate of drug-likeness (QED) is 0.504. The standard InChI is InChI=1S/C21H17As/c1-2-10-18-11-9-16-21(17-18)22(19-12-5-3-6-13-19)20-14-7-4-8-15-20/h1,3-9,11-17H,10H2. The summed E-state index contributed by atoms with van der Waals surface area (Å²) in [7, 11) is 0. The van der Waals surface area contributed by atoms with Crippen LogP contribution in [-0.2, 0) is 6.42 Å². The van der Waals surface area contributed by atoms with Gasteiger partial charge in [-0.15, -0.1) is 0 Å². The van der Waals surface area contributed by atoms with Crippen molar-refractivity contribution in [2.24, 2.45) is 0 Å². The molecule has 0 bridgehead atoms. The first-order valence-corrected chi connectivity index (χ1v) is 10.1. The third-order valence-electron chi connectivity index (χ3n) is 3.50. The van der Waals surface area contributed by atoms with Crippen LogP contribution in [0.5, 0.6) is 0 Å². The fourth-order valence-electron chi connectivity index (χ4n) is 2.52. The van der Waals surface area contributed by atoms with Crippen LogP contribution in [0.15, 0.2) is 84.9 Å². The van der Waals surface area contributed by atoms with Gasteiger partial charge in [0.15, 0.2) is 0 Å². The summed E-state index contributed by atoms with van der Waals surface area (Å²) in [5.74, 6) is 2.75. The molecule has 3 rings (SSSR count). The average molecular weight is 344 g/mol. The second kappa shape index (κ2) is 7.17. The Kier molecular flexibility index (Phi) is 4.79. The first kappa shape index (κ1) is 14.7. The van der Waals surface area contributed by atoms with Crippen LogP contribution in [-0.4, -0.2) is 14.7 Å². The first-order valence-electron chi connectivity index (χ1n) is 7.31. The molecule has 0 saturated carbocycles. The van der Waals surface area contributed by atoms with E-state index in [1.54, 1.807) is 0 Å². The third kappa shape index (κ3) is 3.33. The van der Waals surface area contributed by atoms with Gasteiger partial charge in [0.25, 0.3) is 0 Å². The molecule has 0 amide bonds. The molecule has 0 nitrogen and oxygen atoms in total. The summed E-state index contributed by atoms with van der Waals surface area (Å²) in [4.78, 5) is 0. The van der Waals surface area contributed by atoms with Crippen LogP contribution in [0.25, 0.3) is 0 Å². The Morgan fingerprint density at radius 3 is 1.77 bits per heavy atom. The average Bonchev–Trinajstić information content (AvgIpc) is 2.58. The van der Waals surface area contributed by atoms with Crippen molar-refractivity contribution >= 4 is 27.7 Å². The molecule has 0 heterocycles. The Labute approximate surface area is 137 Å². The number of rotatable bonds is 4. The summed E-state index contributed by atoms with van der Waals surface area (Å²) in [6.07, 6.45) is 6.16. The van der Waals surface area contributed by atoms with Crippen LogP contribution in [0.1, 0.15) is 5.56 Å². The molecule has 0 fully saturated rings. The molecule has 0 spiro atoms. The summed E-state index contributed by atoms with van der Waals surface area (Å²) in [5, 5.41) is 0. The van der Waals surface area contributed by atoms with Crippen molar-refractivity contribution < 1.29 is 0 Å². The minimum atomic E-state index is -1.51. The predicted molar refractivity (Wildman–Crippen MR) is 96.5 cm³/mol. The van der Waals surface area contributed by atoms with Gasteiger partial charge in [0.1, 0.15) is 0 Å². The van der Waals surface area contributed by atoms with E-state index >= 15 is 0 Å². The zero-order chi connectivity index (χ0) is 15.2. The summed E-state index contributed by atoms with van der Waals surface area (Å²) in [6.45, 7) is 0. The third-order valence-corrected chi connectivity index (χ3v) is 8.59. The number of benzene rings is 3. The molecule has 0 aromatic heterocycles. The Balaban J connectivity index is 2.10. The van der Waals surface area contributed by atoms with Crippen LogP contribution < -0.4 is 13.1 Å². The van der Waals surface area contributed by atoms with Crippen LogP contribution in [0.2, 0.25) is 0 Å². The fraction of sp³-hybridized carbons (Fsp3) is 0.0476. The molecule has 0 radical (unpaired) electrons. The van der Waals surface area contributed by atoms with Crippen molar-refractivity contribution in [1.29, 1.82) is 0 Å². The molecule has 0 aliphatic rings. The van der Waals surface area contributed by atoms with Crippen molar-refractivity contribution in [2.75, 3.05) is 0 Å². The van der Waals surface area contributed by atoms with E-state index in [0.717, 1.165) is 0 Å². The van der Waals surface area contributed by atoms with Crippen molar-refractivity contribution in [3.8, 4) is 12.3 Å². The molecular weight excluding hydrogens is 327 g/mol. The number of hydrogen-bond acceptors (Lipinski definition) is 0. The van der Waals surface area contributed by atoms with Gasteiger partial charge < -0.3 is 0 Å². The summed E-state index contributed by atoms with van der Waals surface area (Å²) < 4.78 is 4.32. The zero-order valence-corrected chi connectivity index (χ0v) is 14.2. The van der Waals surface area contributed by atoms with Crippen LogP contribution in [0.3, 0.4) is 0 Å². The molecule has 3 aromatic rings. The van der Waals surface area contributed by atoms with E-state index in [-0.39, 0.29) is 0 Å². The van der Waals surface area contributed by atoms with E-state index in [1.807, 2.05) is 0 Å². The molecule has 0 saturated heterocycles. The van der Waals surface area contributed by atoms with E-state index < -0.39 is 14.7 Å². The summed E-state index contributed by atoms with van der Waals surface area (Å²) in [5.41, 5.74) is 1.23. The SMILES string of the molecule is C#CCc1cccc([As](c2ccccc2)c2ccccc2)c1.